The molecule has 0 aromatic heterocycles. The Morgan fingerprint density at radius 3 is 2.23 bits per heavy atom. The molecule has 1 aromatic carbocycles. The first-order valence-corrected chi connectivity index (χ1v) is 7.54. The molecule has 2 amide bonds. The van der Waals surface area contributed by atoms with Crippen molar-refractivity contribution in [3.05, 3.63) is 41.5 Å². The molecule has 0 spiro atoms. The van der Waals surface area contributed by atoms with Crippen LogP contribution >= 0.6 is 0 Å². The van der Waals surface area contributed by atoms with Crippen LogP contribution in [0.4, 0.5) is 0 Å². The summed E-state index contributed by atoms with van der Waals surface area (Å²) in [4.78, 5) is 23.3. The fraction of sp³-hybridized carbons (Fsp3) is 0.444. The zero-order valence-corrected chi connectivity index (χ0v) is 14.1. The van der Waals surface area contributed by atoms with Crippen LogP contribution in [0.3, 0.4) is 0 Å². The summed E-state index contributed by atoms with van der Waals surface area (Å²) in [6.45, 7) is 9.95. The average molecular weight is 302 g/mol. The Bertz CT molecular complexity index is 537. The van der Waals surface area contributed by atoms with Gasteiger partial charge >= 0.3 is 0 Å². The lowest BCUT2D eigenvalue weighted by molar-refractivity contribution is -0.124. The van der Waals surface area contributed by atoms with E-state index in [1.165, 1.54) is 11.6 Å². The predicted molar refractivity (Wildman–Crippen MR) is 90.5 cm³/mol. The Morgan fingerprint density at radius 1 is 1.14 bits per heavy atom. The van der Waals surface area contributed by atoms with Crippen molar-refractivity contribution in [3.8, 4) is 0 Å². The van der Waals surface area contributed by atoms with Crippen molar-refractivity contribution in [1.29, 1.82) is 0 Å². The first kappa shape index (κ1) is 18.0. The number of hydrogen-bond donors (Lipinski definition) is 2. The number of rotatable bonds is 5. The molecule has 4 heteroatoms. The van der Waals surface area contributed by atoms with Crippen LogP contribution in [-0.4, -0.2) is 23.9 Å². The normalized spacial score (nSPS) is 11.7. The van der Waals surface area contributed by atoms with E-state index >= 15 is 0 Å². The summed E-state index contributed by atoms with van der Waals surface area (Å²) in [7, 11) is 0. The topological polar surface area (TPSA) is 58.2 Å². The minimum Gasteiger partial charge on any atom is -0.350 e. The van der Waals surface area contributed by atoms with Crippen molar-refractivity contribution >= 4 is 17.9 Å². The zero-order valence-electron chi connectivity index (χ0n) is 14.1. The summed E-state index contributed by atoms with van der Waals surface area (Å²) >= 11 is 0. The summed E-state index contributed by atoms with van der Waals surface area (Å²) in [5.74, 6) is 0.00943. The van der Waals surface area contributed by atoms with Gasteiger partial charge in [0.2, 0.25) is 11.8 Å². The lowest BCUT2D eigenvalue weighted by atomic mass is 10.0. The molecule has 0 heterocycles. The molecular formula is C18H26N2O2. The molecule has 0 saturated heterocycles. The summed E-state index contributed by atoms with van der Waals surface area (Å²) in [6.07, 6.45) is 3.18. The summed E-state index contributed by atoms with van der Waals surface area (Å²) in [6, 6.07) is 8.06. The molecule has 0 saturated carbocycles. The Hall–Kier alpha value is -2.10. The van der Waals surface area contributed by atoms with Gasteiger partial charge in [-0.3, -0.25) is 9.59 Å². The van der Waals surface area contributed by atoms with Crippen LogP contribution in [-0.2, 0) is 9.59 Å². The second-order valence-corrected chi connectivity index (χ2v) is 6.67. The first-order chi connectivity index (χ1) is 10.2. The molecule has 0 aliphatic carbocycles. The van der Waals surface area contributed by atoms with Crippen LogP contribution in [0.5, 0.6) is 0 Å². The van der Waals surface area contributed by atoms with Crippen molar-refractivity contribution in [2.75, 3.05) is 6.54 Å². The van der Waals surface area contributed by atoms with Gasteiger partial charge < -0.3 is 10.6 Å². The van der Waals surface area contributed by atoms with Gasteiger partial charge in [-0.2, -0.15) is 0 Å². The van der Waals surface area contributed by atoms with E-state index in [-0.39, 0.29) is 23.9 Å². The van der Waals surface area contributed by atoms with Gasteiger partial charge in [0.15, 0.2) is 0 Å². The lowest BCUT2D eigenvalue weighted by Gasteiger charge is -2.20. The van der Waals surface area contributed by atoms with Crippen molar-refractivity contribution in [1.82, 2.24) is 10.6 Å². The first-order valence-electron chi connectivity index (χ1n) is 7.54. The van der Waals surface area contributed by atoms with Gasteiger partial charge in [-0.25, -0.2) is 0 Å². The maximum atomic E-state index is 11.7. The van der Waals surface area contributed by atoms with E-state index in [1.807, 2.05) is 32.9 Å². The second-order valence-electron chi connectivity index (χ2n) is 6.67. The van der Waals surface area contributed by atoms with E-state index < -0.39 is 0 Å². The summed E-state index contributed by atoms with van der Waals surface area (Å²) in [5, 5.41) is 5.35. The standard InChI is InChI=1S/C18H26N2O2/c1-13(2)15-9-6-14(7-10-15)8-11-16(21)19-12-17(22)20-18(3,4)5/h6-11,13H,12H2,1-5H3,(H,19,21)(H,20,22)/b11-8+. The van der Waals surface area contributed by atoms with Crippen molar-refractivity contribution < 1.29 is 9.59 Å². The van der Waals surface area contributed by atoms with Gasteiger partial charge in [0.1, 0.15) is 0 Å². The van der Waals surface area contributed by atoms with E-state index in [4.69, 9.17) is 0 Å². The Balaban J connectivity index is 2.46. The molecule has 0 atom stereocenters. The maximum absolute atomic E-state index is 11.7. The summed E-state index contributed by atoms with van der Waals surface area (Å²) < 4.78 is 0. The quantitative estimate of drug-likeness (QED) is 0.822. The molecule has 0 radical (unpaired) electrons. The van der Waals surface area contributed by atoms with Crippen LogP contribution in [0, 0.1) is 0 Å². The number of amides is 2. The number of carbonyl (C=O) groups excluding carboxylic acids is 2. The highest BCUT2D eigenvalue weighted by molar-refractivity contribution is 5.94. The zero-order chi connectivity index (χ0) is 16.8. The van der Waals surface area contributed by atoms with Gasteiger partial charge in [-0.15, -0.1) is 0 Å². The minimum atomic E-state index is -0.296. The molecule has 1 aromatic rings. The Labute approximate surface area is 133 Å². The van der Waals surface area contributed by atoms with Crippen LogP contribution < -0.4 is 10.6 Å². The molecular weight excluding hydrogens is 276 g/mol. The van der Waals surface area contributed by atoms with E-state index in [9.17, 15) is 9.59 Å². The van der Waals surface area contributed by atoms with Crippen LogP contribution in [0.2, 0.25) is 0 Å². The Kier molecular flexibility index (Phi) is 6.35. The number of nitrogens with one attached hydrogen (secondary N) is 2. The second kappa shape index (κ2) is 7.78. The fourth-order valence-electron chi connectivity index (χ4n) is 1.85. The van der Waals surface area contributed by atoms with E-state index in [1.54, 1.807) is 6.08 Å². The van der Waals surface area contributed by atoms with E-state index in [2.05, 4.69) is 36.6 Å². The molecule has 120 valence electrons. The number of hydrogen-bond acceptors (Lipinski definition) is 2. The SMILES string of the molecule is CC(C)c1ccc(/C=C/C(=O)NCC(=O)NC(C)(C)C)cc1. The minimum absolute atomic E-state index is 0.0211. The maximum Gasteiger partial charge on any atom is 0.244 e. The van der Waals surface area contributed by atoms with Gasteiger partial charge in [-0.1, -0.05) is 38.1 Å². The lowest BCUT2D eigenvalue weighted by Crippen LogP contribution is -2.45. The third kappa shape index (κ3) is 7.07. The van der Waals surface area contributed by atoms with Gasteiger partial charge in [0.05, 0.1) is 6.54 Å². The molecule has 22 heavy (non-hydrogen) atoms. The van der Waals surface area contributed by atoms with Crippen LogP contribution in [0.1, 0.15) is 51.7 Å². The van der Waals surface area contributed by atoms with E-state index in [0.29, 0.717) is 5.92 Å². The van der Waals surface area contributed by atoms with Gasteiger partial charge in [0, 0.05) is 11.6 Å². The van der Waals surface area contributed by atoms with Crippen molar-refractivity contribution in [2.45, 2.75) is 46.1 Å². The van der Waals surface area contributed by atoms with E-state index in [0.717, 1.165) is 5.56 Å². The largest absolute Gasteiger partial charge is 0.350 e. The molecule has 0 fully saturated rings. The van der Waals surface area contributed by atoms with Gasteiger partial charge in [-0.05, 0) is 43.9 Å². The highest BCUT2D eigenvalue weighted by Crippen LogP contribution is 2.15. The monoisotopic (exact) mass is 302 g/mol. The molecule has 2 N–H and O–H groups in total. The fourth-order valence-corrected chi connectivity index (χ4v) is 1.85. The van der Waals surface area contributed by atoms with Crippen molar-refractivity contribution in [2.24, 2.45) is 0 Å². The Morgan fingerprint density at radius 2 is 1.73 bits per heavy atom. The molecule has 0 aliphatic rings. The third-order valence-electron chi connectivity index (χ3n) is 2.97. The average Bonchev–Trinajstić information content (AvgIpc) is 2.41. The number of benzene rings is 1. The highest BCUT2D eigenvalue weighted by atomic mass is 16.2. The molecule has 0 aliphatic heterocycles. The third-order valence-corrected chi connectivity index (χ3v) is 2.97. The van der Waals surface area contributed by atoms with Crippen LogP contribution in [0.25, 0.3) is 6.08 Å². The van der Waals surface area contributed by atoms with Gasteiger partial charge in [0.25, 0.3) is 0 Å². The molecule has 1 rings (SSSR count). The predicted octanol–water partition coefficient (Wildman–Crippen LogP) is 2.85. The van der Waals surface area contributed by atoms with Crippen LogP contribution in [0.15, 0.2) is 30.3 Å². The smallest absolute Gasteiger partial charge is 0.244 e. The molecule has 4 nitrogen and oxygen atoms in total. The number of carbonyl (C=O) groups is 2. The molecule has 0 unspecified atom stereocenters. The summed E-state index contributed by atoms with van der Waals surface area (Å²) in [5.41, 5.74) is 1.93. The van der Waals surface area contributed by atoms with Crippen molar-refractivity contribution in [3.63, 3.8) is 0 Å². The highest BCUT2D eigenvalue weighted by Gasteiger charge is 2.13. The molecule has 0 bridgehead atoms.